The maximum absolute atomic E-state index is 13.6. The van der Waals surface area contributed by atoms with Gasteiger partial charge in [-0.05, 0) is 11.6 Å². The van der Waals surface area contributed by atoms with E-state index >= 15 is 0 Å². The minimum atomic E-state index is -0.437. The molecule has 0 radical (unpaired) electrons. The van der Waals surface area contributed by atoms with Crippen LogP contribution in [0.4, 0.5) is 4.39 Å². The lowest BCUT2D eigenvalue weighted by Crippen LogP contribution is -2.29. The van der Waals surface area contributed by atoms with Crippen LogP contribution in [0.5, 0.6) is 0 Å². The van der Waals surface area contributed by atoms with Crippen LogP contribution in [-0.4, -0.2) is 15.5 Å². The molecule has 0 bridgehead atoms. The molecule has 0 aliphatic carbocycles. The predicted molar refractivity (Wildman–Crippen MR) is 88.2 cm³/mol. The summed E-state index contributed by atoms with van der Waals surface area (Å²) in [7, 11) is 0. The van der Waals surface area contributed by atoms with Gasteiger partial charge in [-0.25, -0.2) is 9.18 Å². The fourth-order valence-corrected chi connectivity index (χ4v) is 2.41. The van der Waals surface area contributed by atoms with Crippen LogP contribution in [0.3, 0.4) is 0 Å². The summed E-state index contributed by atoms with van der Waals surface area (Å²) >= 11 is 0. The maximum Gasteiger partial charge on any atom is 0.326 e. The van der Waals surface area contributed by atoms with Gasteiger partial charge in [0.25, 0.3) is 5.91 Å². The van der Waals surface area contributed by atoms with Crippen molar-refractivity contribution in [1.82, 2.24) is 14.9 Å². The summed E-state index contributed by atoms with van der Waals surface area (Å²) in [5, 5.41) is 2.64. The first-order valence-electron chi connectivity index (χ1n) is 7.49. The van der Waals surface area contributed by atoms with E-state index in [1.807, 2.05) is 30.3 Å². The molecule has 1 aromatic heterocycles. The van der Waals surface area contributed by atoms with Gasteiger partial charge in [0.1, 0.15) is 11.5 Å². The van der Waals surface area contributed by atoms with Crippen LogP contribution in [0.25, 0.3) is 0 Å². The van der Waals surface area contributed by atoms with Crippen molar-refractivity contribution < 1.29 is 9.18 Å². The number of H-pyrrole nitrogens is 1. The van der Waals surface area contributed by atoms with E-state index in [4.69, 9.17) is 0 Å². The van der Waals surface area contributed by atoms with Crippen molar-refractivity contribution in [3.05, 3.63) is 93.9 Å². The molecule has 0 aliphatic heterocycles. The smallest absolute Gasteiger partial charge is 0.326 e. The zero-order valence-electron chi connectivity index (χ0n) is 12.8. The van der Waals surface area contributed by atoms with Crippen molar-refractivity contribution in [2.24, 2.45) is 0 Å². The molecule has 2 aromatic carbocycles. The highest BCUT2D eigenvalue weighted by Crippen LogP contribution is 2.07. The largest absolute Gasteiger partial charge is 0.347 e. The van der Waals surface area contributed by atoms with Crippen LogP contribution in [0.2, 0.25) is 0 Å². The number of halogens is 1. The van der Waals surface area contributed by atoms with Crippen molar-refractivity contribution in [3.63, 3.8) is 0 Å². The number of rotatable bonds is 5. The fraction of sp³-hybridized carbons (Fsp3) is 0.111. The monoisotopic (exact) mass is 325 g/mol. The molecule has 24 heavy (non-hydrogen) atoms. The zero-order valence-corrected chi connectivity index (χ0v) is 12.8. The lowest BCUT2D eigenvalue weighted by molar-refractivity contribution is 0.0941. The van der Waals surface area contributed by atoms with Gasteiger partial charge in [-0.15, -0.1) is 0 Å². The number of nitrogens with one attached hydrogen (secondary N) is 2. The Labute approximate surface area is 137 Å². The molecule has 1 heterocycles. The van der Waals surface area contributed by atoms with Crippen molar-refractivity contribution in [2.45, 2.75) is 13.1 Å². The fourth-order valence-electron chi connectivity index (χ4n) is 2.41. The second kappa shape index (κ2) is 6.95. The molecule has 0 fully saturated rings. The summed E-state index contributed by atoms with van der Waals surface area (Å²) < 4.78 is 15.0. The number of aromatic nitrogens is 2. The van der Waals surface area contributed by atoms with Gasteiger partial charge in [-0.2, -0.15) is 0 Å². The number of hydrogen-bond donors (Lipinski definition) is 2. The quantitative estimate of drug-likeness (QED) is 0.756. The molecule has 0 aliphatic rings. The van der Waals surface area contributed by atoms with E-state index in [0.29, 0.717) is 5.56 Å². The number of imidazole rings is 1. The van der Waals surface area contributed by atoms with E-state index in [-0.39, 0.29) is 30.3 Å². The van der Waals surface area contributed by atoms with Crippen LogP contribution in [0.1, 0.15) is 21.6 Å². The second-order valence-electron chi connectivity index (χ2n) is 5.32. The van der Waals surface area contributed by atoms with Crippen LogP contribution < -0.4 is 11.0 Å². The number of carbonyl (C=O) groups is 1. The van der Waals surface area contributed by atoms with Crippen LogP contribution in [-0.2, 0) is 13.1 Å². The zero-order chi connectivity index (χ0) is 16.9. The van der Waals surface area contributed by atoms with Crippen LogP contribution >= 0.6 is 0 Å². The summed E-state index contributed by atoms with van der Waals surface area (Å²) in [5.74, 6) is -0.818. The Morgan fingerprint density at radius 2 is 1.79 bits per heavy atom. The summed E-state index contributed by atoms with van der Waals surface area (Å²) in [6.07, 6.45) is 1.36. The number of amides is 1. The Balaban J connectivity index is 1.76. The van der Waals surface area contributed by atoms with Gasteiger partial charge >= 0.3 is 5.69 Å². The first-order valence-corrected chi connectivity index (χ1v) is 7.49. The third-order valence-electron chi connectivity index (χ3n) is 3.68. The molecule has 3 aromatic rings. The number of nitrogens with zero attached hydrogens (tertiary/aromatic N) is 1. The van der Waals surface area contributed by atoms with Gasteiger partial charge in [-0.1, -0.05) is 48.5 Å². The summed E-state index contributed by atoms with van der Waals surface area (Å²) in [5.41, 5.74) is 1.13. The lowest BCUT2D eigenvalue weighted by atomic mass is 10.2. The third-order valence-corrected chi connectivity index (χ3v) is 3.68. The van der Waals surface area contributed by atoms with Gasteiger partial charge in [0, 0.05) is 18.3 Å². The lowest BCUT2D eigenvalue weighted by Gasteiger charge is -2.09. The van der Waals surface area contributed by atoms with Gasteiger partial charge in [0.05, 0.1) is 6.54 Å². The van der Waals surface area contributed by atoms with Crippen molar-refractivity contribution in [2.75, 3.05) is 0 Å². The molecule has 6 heteroatoms. The normalized spacial score (nSPS) is 10.5. The van der Waals surface area contributed by atoms with Crippen molar-refractivity contribution in [1.29, 1.82) is 0 Å². The van der Waals surface area contributed by atoms with Gasteiger partial charge in [0.2, 0.25) is 0 Å². The Hall–Kier alpha value is -3.15. The van der Waals surface area contributed by atoms with Crippen molar-refractivity contribution in [3.8, 4) is 0 Å². The number of carbonyl (C=O) groups excluding carboxylic acids is 1. The maximum atomic E-state index is 13.6. The highest BCUT2D eigenvalue weighted by atomic mass is 19.1. The second-order valence-corrected chi connectivity index (χ2v) is 5.32. The number of aromatic amines is 1. The highest BCUT2D eigenvalue weighted by molar-refractivity contribution is 5.92. The summed E-state index contributed by atoms with van der Waals surface area (Å²) in [6, 6.07) is 15.6. The molecule has 122 valence electrons. The average Bonchev–Trinajstić information content (AvgIpc) is 2.96. The minimum Gasteiger partial charge on any atom is -0.347 e. The molecule has 0 saturated carbocycles. The van der Waals surface area contributed by atoms with Gasteiger partial charge < -0.3 is 10.3 Å². The molecule has 5 nitrogen and oxygen atoms in total. The molecule has 0 saturated heterocycles. The number of hydrogen-bond acceptors (Lipinski definition) is 2. The Bertz CT molecular complexity index is 900. The molecule has 0 atom stereocenters. The van der Waals surface area contributed by atoms with Crippen LogP contribution in [0, 0.1) is 5.82 Å². The minimum absolute atomic E-state index is 0.0518. The summed E-state index contributed by atoms with van der Waals surface area (Å²) in [6.45, 7) is 0.335. The molecule has 2 N–H and O–H groups in total. The molecular formula is C18H16FN3O2. The Morgan fingerprint density at radius 1 is 1.08 bits per heavy atom. The average molecular weight is 325 g/mol. The Morgan fingerprint density at radius 3 is 2.54 bits per heavy atom. The molecule has 1 amide bonds. The van der Waals surface area contributed by atoms with E-state index in [0.717, 1.165) is 5.56 Å². The van der Waals surface area contributed by atoms with E-state index in [9.17, 15) is 14.0 Å². The molecule has 0 unspecified atom stereocenters. The van der Waals surface area contributed by atoms with Crippen molar-refractivity contribution >= 4 is 5.91 Å². The molecule has 3 rings (SSSR count). The SMILES string of the molecule is O=C(NCc1ccccc1F)c1c[nH]c(=O)n1Cc1ccccc1. The van der Waals surface area contributed by atoms with E-state index < -0.39 is 5.91 Å². The van der Waals surface area contributed by atoms with Gasteiger partial charge in [0.15, 0.2) is 0 Å². The predicted octanol–water partition coefficient (Wildman–Crippen LogP) is 2.29. The van der Waals surface area contributed by atoms with Crippen LogP contribution in [0.15, 0.2) is 65.6 Å². The molecular weight excluding hydrogens is 309 g/mol. The van der Waals surface area contributed by atoms with E-state index in [2.05, 4.69) is 10.3 Å². The first kappa shape index (κ1) is 15.7. The topological polar surface area (TPSA) is 66.9 Å². The third kappa shape index (κ3) is 3.43. The van der Waals surface area contributed by atoms with E-state index in [1.165, 1.54) is 16.8 Å². The van der Waals surface area contributed by atoms with Gasteiger partial charge in [-0.3, -0.25) is 9.36 Å². The van der Waals surface area contributed by atoms with E-state index in [1.54, 1.807) is 18.2 Å². The highest BCUT2D eigenvalue weighted by Gasteiger charge is 2.15. The summed E-state index contributed by atoms with van der Waals surface area (Å²) in [4.78, 5) is 26.8. The molecule has 0 spiro atoms. The standard InChI is InChI=1S/C18H16FN3O2/c19-15-9-5-4-8-14(15)10-20-17(23)16-11-21-18(24)22(16)12-13-6-2-1-3-7-13/h1-9,11H,10,12H2,(H,20,23)(H,21,24). The first-order chi connectivity index (χ1) is 11.6. The number of benzene rings is 2. The Kier molecular flexibility index (Phi) is 4.56.